The summed E-state index contributed by atoms with van der Waals surface area (Å²) in [7, 11) is 1.85. The third-order valence-electron chi connectivity index (χ3n) is 3.67. The molecule has 0 radical (unpaired) electrons. The fourth-order valence-electron chi connectivity index (χ4n) is 2.15. The highest BCUT2D eigenvalue weighted by atomic mass is 16.3. The average Bonchev–Trinajstić information content (AvgIpc) is 2.44. The summed E-state index contributed by atoms with van der Waals surface area (Å²) >= 11 is 0. The first-order chi connectivity index (χ1) is 10.3. The van der Waals surface area contributed by atoms with Crippen LogP contribution in [0.15, 0.2) is 24.3 Å². The van der Waals surface area contributed by atoms with E-state index in [4.69, 9.17) is 5.73 Å². The molecule has 22 heavy (non-hydrogen) atoms. The molecule has 1 heterocycles. The van der Waals surface area contributed by atoms with Gasteiger partial charge in [-0.3, -0.25) is 5.73 Å². The number of anilines is 3. The van der Waals surface area contributed by atoms with Gasteiger partial charge in [0.05, 0.1) is 24.9 Å². The van der Waals surface area contributed by atoms with Crippen molar-refractivity contribution in [2.24, 2.45) is 7.05 Å². The summed E-state index contributed by atoms with van der Waals surface area (Å²) in [5.41, 5.74) is 9.04. The molecule has 6 heteroatoms. The van der Waals surface area contributed by atoms with Crippen LogP contribution in [0.1, 0.15) is 42.9 Å². The Morgan fingerprint density at radius 1 is 1.09 bits per heavy atom. The number of nitrogen functional groups attached to an aromatic ring is 1. The van der Waals surface area contributed by atoms with Crippen molar-refractivity contribution >= 4 is 17.5 Å². The van der Waals surface area contributed by atoms with Crippen molar-refractivity contribution in [1.82, 2.24) is 4.98 Å². The zero-order chi connectivity index (χ0) is 16.4. The first-order valence-corrected chi connectivity index (χ1v) is 7.19. The maximum absolute atomic E-state index is 9.80. The molecule has 0 bridgehead atoms. The molecule has 118 valence electrons. The Labute approximate surface area is 130 Å². The van der Waals surface area contributed by atoms with Gasteiger partial charge < -0.3 is 15.5 Å². The van der Waals surface area contributed by atoms with Crippen molar-refractivity contribution < 1.29 is 14.8 Å². The second kappa shape index (κ2) is 6.29. The maximum Gasteiger partial charge on any atom is 0.391 e. The second-order valence-corrected chi connectivity index (χ2v) is 5.57. The molecule has 0 saturated heterocycles. The van der Waals surface area contributed by atoms with E-state index < -0.39 is 12.2 Å². The molecule has 0 saturated carbocycles. The highest BCUT2D eigenvalue weighted by Gasteiger charge is 2.13. The Balaban J connectivity index is 2.40. The average molecular weight is 303 g/mol. The van der Waals surface area contributed by atoms with Crippen LogP contribution in [0.25, 0.3) is 0 Å². The number of nitrogens with one attached hydrogen (secondary N) is 1. The molecule has 2 aromatic rings. The van der Waals surface area contributed by atoms with E-state index in [1.54, 1.807) is 24.5 Å². The van der Waals surface area contributed by atoms with Crippen molar-refractivity contribution in [3.05, 3.63) is 41.1 Å². The van der Waals surface area contributed by atoms with Crippen LogP contribution in [-0.4, -0.2) is 15.2 Å². The Hall–Kier alpha value is -2.18. The van der Waals surface area contributed by atoms with E-state index in [0.717, 1.165) is 22.5 Å². The summed E-state index contributed by atoms with van der Waals surface area (Å²) in [6.45, 7) is 5.32. The number of rotatable bonds is 4. The molecule has 2 rings (SSSR count). The number of nitrogens with zero attached hydrogens (tertiary/aromatic N) is 2. The van der Waals surface area contributed by atoms with Gasteiger partial charge in [0.2, 0.25) is 5.82 Å². The molecule has 2 unspecified atom stereocenters. The highest BCUT2D eigenvalue weighted by molar-refractivity contribution is 5.59. The second-order valence-electron chi connectivity index (χ2n) is 5.57. The zero-order valence-corrected chi connectivity index (χ0v) is 13.3. The molecule has 1 aromatic carbocycles. The fraction of sp³-hybridized carbons (Fsp3) is 0.375. The van der Waals surface area contributed by atoms with E-state index in [1.165, 1.54) is 0 Å². The van der Waals surface area contributed by atoms with Gasteiger partial charge in [0.25, 0.3) is 0 Å². The van der Waals surface area contributed by atoms with Gasteiger partial charge in [-0.15, -0.1) is 0 Å². The number of aromatic nitrogens is 2. The van der Waals surface area contributed by atoms with Crippen LogP contribution >= 0.6 is 0 Å². The van der Waals surface area contributed by atoms with Crippen molar-refractivity contribution in [3.8, 4) is 0 Å². The van der Waals surface area contributed by atoms with Crippen LogP contribution in [0, 0.1) is 6.92 Å². The molecule has 0 spiro atoms. The third-order valence-corrected chi connectivity index (χ3v) is 3.67. The Bertz CT molecular complexity index is 635. The predicted molar refractivity (Wildman–Crippen MR) is 85.6 cm³/mol. The number of nitrogens with two attached hydrogens (primary N) is 1. The summed E-state index contributed by atoms with van der Waals surface area (Å²) in [5, 5.41) is 22.8. The van der Waals surface area contributed by atoms with E-state index in [-0.39, 0.29) is 0 Å². The molecule has 5 N–H and O–H groups in total. The largest absolute Gasteiger partial charge is 0.391 e. The van der Waals surface area contributed by atoms with Crippen molar-refractivity contribution in [1.29, 1.82) is 0 Å². The number of aryl methyl sites for hydroxylation is 1. The summed E-state index contributed by atoms with van der Waals surface area (Å²) in [4.78, 5) is 4.28. The smallest absolute Gasteiger partial charge is 0.389 e. The van der Waals surface area contributed by atoms with Crippen LogP contribution in [0.5, 0.6) is 0 Å². The minimum Gasteiger partial charge on any atom is -0.389 e. The minimum atomic E-state index is -0.618. The van der Waals surface area contributed by atoms with Gasteiger partial charge in [0.15, 0.2) is 0 Å². The van der Waals surface area contributed by atoms with Crippen molar-refractivity contribution in [2.45, 2.75) is 33.0 Å². The number of aliphatic hydroxyl groups excluding tert-OH is 2. The molecule has 0 aliphatic rings. The monoisotopic (exact) mass is 303 g/mol. The molecule has 0 aliphatic carbocycles. The normalized spacial score (nSPS) is 13.7. The van der Waals surface area contributed by atoms with Crippen molar-refractivity contribution in [3.63, 3.8) is 0 Å². The Morgan fingerprint density at radius 3 is 2.09 bits per heavy atom. The fourth-order valence-corrected chi connectivity index (χ4v) is 2.15. The molecule has 0 aliphatic heterocycles. The van der Waals surface area contributed by atoms with E-state index >= 15 is 0 Å². The lowest BCUT2D eigenvalue weighted by Gasteiger charge is -2.14. The Morgan fingerprint density at radius 2 is 1.64 bits per heavy atom. The first-order valence-electron chi connectivity index (χ1n) is 7.19. The van der Waals surface area contributed by atoms with Gasteiger partial charge in [-0.25, -0.2) is 4.57 Å². The zero-order valence-electron chi connectivity index (χ0n) is 13.3. The lowest BCUT2D eigenvalue weighted by molar-refractivity contribution is -0.665. The SMILES string of the molecule is Cc1cc(Nc2cc(C(C)O)cc(C(C)O)c2)nc(N)[n+]1C. The number of hydrogen-bond donors (Lipinski definition) is 4. The number of benzene rings is 1. The van der Waals surface area contributed by atoms with Crippen LogP contribution in [-0.2, 0) is 7.05 Å². The quantitative estimate of drug-likeness (QED) is 0.644. The first kappa shape index (κ1) is 16.2. The predicted octanol–water partition coefficient (Wildman–Crippen LogP) is 1.65. The van der Waals surface area contributed by atoms with Gasteiger partial charge in [-0.2, -0.15) is 0 Å². The number of hydrogen-bond acceptors (Lipinski definition) is 5. The van der Waals surface area contributed by atoms with Gasteiger partial charge in [-0.05, 0) is 44.0 Å². The van der Waals surface area contributed by atoms with Crippen LogP contribution < -0.4 is 15.6 Å². The van der Waals surface area contributed by atoms with E-state index in [9.17, 15) is 10.2 Å². The van der Waals surface area contributed by atoms with Crippen LogP contribution in [0.2, 0.25) is 0 Å². The summed E-state index contributed by atoms with van der Waals surface area (Å²) in [6, 6.07) is 7.33. The molecular formula is C16H23N4O2+. The lowest BCUT2D eigenvalue weighted by atomic mass is 10.0. The maximum atomic E-state index is 9.80. The van der Waals surface area contributed by atoms with Crippen molar-refractivity contribution in [2.75, 3.05) is 11.1 Å². The lowest BCUT2D eigenvalue weighted by Crippen LogP contribution is -2.36. The molecule has 1 aromatic heterocycles. The summed E-state index contributed by atoms with van der Waals surface area (Å²) < 4.78 is 1.79. The van der Waals surface area contributed by atoms with Crippen LogP contribution in [0.3, 0.4) is 0 Å². The topological polar surface area (TPSA) is 95.3 Å². The summed E-state index contributed by atoms with van der Waals surface area (Å²) in [6.07, 6.45) is -1.24. The Kier molecular flexibility index (Phi) is 4.63. The van der Waals surface area contributed by atoms with E-state index in [2.05, 4.69) is 10.3 Å². The van der Waals surface area contributed by atoms with E-state index in [0.29, 0.717) is 11.8 Å². The molecule has 6 nitrogen and oxygen atoms in total. The molecule has 2 atom stereocenters. The minimum absolute atomic E-state index is 0.407. The van der Waals surface area contributed by atoms with Crippen LogP contribution in [0.4, 0.5) is 17.5 Å². The standard InChI is InChI=1S/C16H22N4O2/c1-9-5-15(19-16(17)20(9)4)18-14-7-12(10(2)21)6-13(8-14)11(3)22/h5-8,10-11,21-22H,1-4H3,(H2,17,18,19)/p+1. The van der Waals surface area contributed by atoms with Gasteiger partial charge in [-0.1, -0.05) is 11.1 Å². The van der Waals surface area contributed by atoms with Gasteiger partial charge in [0, 0.05) is 11.8 Å². The van der Waals surface area contributed by atoms with Gasteiger partial charge in [0.1, 0.15) is 0 Å². The van der Waals surface area contributed by atoms with Gasteiger partial charge >= 0.3 is 5.95 Å². The molecular weight excluding hydrogens is 280 g/mol. The molecule has 0 fully saturated rings. The molecule has 0 amide bonds. The van der Waals surface area contributed by atoms with E-state index in [1.807, 2.05) is 32.2 Å². The summed E-state index contributed by atoms with van der Waals surface area (Å²) in [5.74, 6) is 1.03. The highest BCUT2D eigenvalue weighted by Crippen LogP contribution is 2.26. The third kappa shape index (κ3) is 3.52. The number of aliphatic hydroxyl groups is 2.